The monoisotopic (exact) mass is 352 g/mol. The quantitative estimate of drug-likeness (QED) is 0.618. The summed E-state index contributed by atoms with van der Waals surface area (Å²) in [6.45, 7) is 6.97. The molecular formula is C17H26N3O3S+. The van der Waals surface area contributed by atoms with E-state index in [0.29, 0.717) is 13.1 Å². The molecule has 0 fully saturated rings. The maximum Gasteiger partial charge on any atom is 0.275 e. The summed E-state index contributed by atoms with van der Waals surface area (Å²) in [6, 6.07) is 6.84. The van der Waals surface area contributed by atoms with Crippen LogP contribution in [0.4, 0.5) is 0 Å². The first kappa shape index (κ1) is 20.2. The van der Waals surface area contributed by atoms with Crippen LogP contribution >= 0.6 is 0 Å². The normalized spacial score (nSPS) is 12.6. The van der Waals surface area contributed by atoms with E-state index >= 15 is 0 Å². The molecule has 1 rings (SSSR count). The van der Waals surface area contributed by atoms with Gasteiger partial charge in [0.2, 0.25) is 10.0 Å². The minimum Gasteiger partial charge on any atom is -0.340 e. The first-order valence-corrected chi connectivity index (χ1v) is 9.44. The van der Waals surface area contributed by atoms with Crippen molar-refractivity contribution in [1.82, 2.24) is 9.62 Å². The number of nitrogens with one attached hydrogen (secondary N) is 1. The molecule has 0 aliphatic heterocycles. The zero-order valence-corrected chi connectivity index (χ0v) is 15.3. The maximum atomic E-state index is 12.4. The minimum absolute atomic E-state index is 0.0341. The Bertz CT molecular complexity index is 674. The van der Waals surface area contributed by atoms with Gasteiger partial charge in [-0.15, -0.1) is 6.42 Å². The number of rotatable bonds is 9. The third-order valence-corrected chi connectivity index (χ3v) is 5.86. The van der Waals surface area contributed by atoms with Gasteiger partial charge in [-0.1, -0.05) is 31.9 Å². The van der Waals surface area contributed by atoms with Gasteiger partial charge < -0.3 is 10.6 Å². The fourth-order valence-corrected chi connectivity index (χ4v) is 3.76. The van der Waals surface area contributed by atoms with Crippen molar-refractivity contribution in [2.75, 3.05) is 26.2 Å². The van der Waals surface area contributed by atoms with E-state index in [4.69, 9.17) is 6.42 Å². The molecule has 0 bridgehead atoms. The Labute approximate surface area is 144 Å². The lowest BCUT2D eigenvalue weighted by Gasteiger charge is -2.19. The van der Waals surface area contributed by atoms with E-state index in [1.165, 1.54) is 4.31 Å². The van der Waals surface area contributed by atoms with E-state index in [1.807, 2.05) is 26.1 Å². The van der Waals surface area contributed by atoms with Crippen LogP contribution in [-0.2, 0) is 14.8 Å². The number of amides is 1. The van der Waals surface area contributed by atoms with Gasteiger partial charge in [0.15, 0.2) is 6.54 Å². The lowest BCUT2D eigenvalue weighted by atomic mass is 10.1. The van der Waals surface area contributed by atoms with Crippen LogP contribution in [0.25, 0.3) is 0 Å². The van der Waals surface area contributed by atoms with Gasteiger partial charge in [0.05, 0.1) is 11.4 Å². The number of hydrogen-bond acceptors (Lipinski definition) is 3. The first-order valence-electron chi connectivity index (χ1n) is 8.00. The molecule has 0 aromatic heterocycles. The summed E-state index contributed by atoms with van der Waals surface area (Å²) in [4.78, 5) is 11.8. The van der Waals surface area contributed by atoms with Gasteiger partial charge in [-0.2, -0.15) is 4.31 Å². The van der Waals surface area contributed by atoms with Crippen molar-refractivity contribution in [3.05, 3.63) is 29.8 Å². The zero-order chi connectivity index (χ0) is 18.2. The number of hydrogen-bond donors (Lipinski definition) is 2. The number of sulfonamides is 1. The second kappa shape index (κ2) is 9.42. The Kier molecular flexibility index (Phi) is 7.92. The molecule has 7 heteroatoms. The molecule has 0 aliphatic rings. The number of nitrogens with zero attached hydrogens (tertiary/aromatic N) is 1. The summed E-state index contributed by atoms with van der Waals surface area (Å²) < 4.78 is 26.3. The van der Waals surface area contributed by atoms with Gasteiger partial charge in [0.25, 0.3) is 5.91 Å². The highest BCUT2D eigenvalue weighted by Crippen LogP contribution is 2.18. The number of benzene rings is 1. The van der Waals surface area contributed by atoms with E-state index in [0.717, 1.165) is 5.56 Å². The Morgan fingerprint density at radius 3 is 2.38 bits per heavy atom. The van der Waals surface area contributed by atoms with Crippen LogP contribution in [0.5, 0.6) is 0 Å². The lowest BCUT2D eigenvalue weighted by molar-refractivity contribution is -0.682. The Hall–Kier alpha value is -1.88. The van der Waals surface area contributed by atoms with Crippen LogP contribution in [-0.4, -0.2) is 44.8 Å². The molecule has 0 unspecified atom stereocenters. The maximum absolute atomic E-state index is 12.4. The second-order valence-corrected chi connectivity index (χ2v) is 7.31. The molecule has 1 atom stereocenters. The Morgan fingerprint density at radius 1 is 1.29 bits per heavy atom. The van der Waals surface area contributed by atoms with E-state index in [2.05, 4.69) is 11.2 Å². The van der Waals surface area contributed by atoms with E-state index in [9.17, 15) is 13.2 Å². The van der Waals surface area contributed by atoms with Crippen LogP contribution < -0.4 is 10.6 Å². The summed E-state index contributed by atoms with van der Waals surface area (Å²) >= 11 is 0. The third-order valence-electron chi connectivity index (χ3n) is 3.79. The van der Waals surface area contributed by atoms with E-state index in [-0.39, 0.29) is 29.9 Å². The highest BCUT2D eigenvalue weighted by Gasteiger charge is 2.21. The average molecular weight is 352 g/mol. The second-order valence-electron chi connectivity index (χ2n) is 5.37. The fraction of sp³-hybridized carbons (Fsp3) is 0.471. The van der Waals surface area contributed by atoms with Crippen molar-refractivity contribution in [2.45, 2.75) is 31.7 Å². The molecule has 132 valence electrons. The highest BCUT2D eigenvalue weighted by atomic mass is 32.2. The highest BCUT2D eigenvalue weighted by molar-refractivity contribution is 7.89. The molecule has 0 saturated heterocycles. The van der Waals surface area contributed by atoms with E-state index < -0.39 is 10.0 Å². The molecule has 0 aliphatic carbocycles. The average Bonchev–Trinajstić information content (AvgIpc) is 2.58. The number of quaternary nitrogens is 1. The van der Waals surface area contributed by atoms with Crippen molar-refractivity contribution in [1.29, 1.82) is 0 Å². The van der Waals surface area contributed by atoms with Crippen LogP contribution in [0.3, 0.4) is 0 Å². The third kappa shape index (κ3) is 5.34. The van der Waals surface area contributed by atoms with Crippen molar-refractivity contribution in [2.24, 2.45) is 0 Å². The predicted molar refractivity (Wildman–Crippen MR) is 93.6 cm³/mol. The largest absolute Gasteiger partial charge is 0.340 e. The van der Waals surface area contributed by atoms with Crippen molar-refractivity contribution >= 4 is 15.9 Å². The molecule has 1 aromatic rings. The molecule has 24 heavy (non-hydrogen) atoms. The summed E-state index contributed by atoms with van der Waals surface area (Å²) in [5, 5.41) is 4.48. The van der Waals surface area contributed by atoms with Crippen molar-refractivity contribution in [3.8, 4) is 12.3 Å². The smallest absolute Gasteiger partial charge is 0.275 e. The zero-order valence-electron chi connectivity index (χ0n) is 14.5. The molecule has 0 spiro atoms. The van der Waals surface area contributed by atoms with E-state index in [1.54, 1.807) is 24.3 Å². The lowest BCUT2D eigenvalue weighted by Crippen LogP contribution is -2.87. The molecular weight excluding hydrogens is 326 g/mol. The SMILES string of the molecule is C#CCNC(=O)C[NH2+][C@H](C)c1ccc(S(=O)(=O)N(CC)CC)cc1. The van der Waals surface area contributed by atoms with Gasteiger partial charge in [-0.05, 0) is 19.1 Å². The van der Waals surface area contributed by atoms with Gasteiger partial charge in [0, 0.05) is 18.7 Å². The van der Waals surface area contributed by atoms with Crippen LogP contribution in [0.2, 0.25) is 0 Å². The molecule has 6 nitrogen and oxygen atoms in total. The summed E-state index contributed by atoms with van der Waals surface area (Å²) in [7, 11) is -3.44. The number of carbonyl (C=O) groups is 1. The Balaban J connectivity index is 2.74. The topological polar surface area (TPSA) is 83.1 Å². The molecule has 1 amide bonds. The minimum atomic E-state index is -3.44. The van der Waals surface area contributed by atoms with Gasteiger partial charge in [-0.3, -0.25) is 4.79 Å². The molecule has 1 aromatic carbocycles. The number of carbonyl (C=O) groups excluding carboxylic acids is 1. The molecule has 0 radical (unpaired) electrons. The van der Waals surface area contributed by atoms with Crippen LogP contribution in [0, 0.1) is 12.3 Å². The van der Waals surface area contributed by atoms with Gasteiger partial charge in [0.1, 0.15) is 6.04 Å². The summed E-state index contributed by atoms with van der Waals surface area (Å²) in [6.07, 6.45) is 5.09. The number of nitrogens with two attached hydrogens (primary N) is 1. The molecule has 3 N–H and O–H groups in total. The molecule has 0 saturated carbocycles. The van der Waals surface area contributed by atoms with Crippen LogP contribution in [0.15, 0.2) is 29.2 Å². The first-order chi connectivity index (χ1) is 11.4. The predicted octanol–water partition coefficient (Wildman–Crippen LogP) is 0.0909. The standard InChI is InChI=1S/C17H25N3O3S/c1-5-12-18-17(21)13-19-14(4)15-8-10-16(11-9-15)24(22,23)20(6-2)7-3/h1,8-11,14,19H,6-7,12-13H2,2-4H3,(H,18,21)/p+1/t14-/m1/s1. The van der Waals surface area contributed by atoms with Crippen LogP contribution in [0.1, 0.15) is 32.4 Å². The van der Waals surface area contributed by atoms with Gasteiger partial charge >= 0.3 is 0 Å². The van der Waals surface area contributed by atoms with Gasteiger partial charge in [-0.25, -0.2) is 8.42 Å². The molecule has 0 heterocycles. The Morgan fingerprint density at radius 2 is 1.88 bits per heavy atom. The van der Waals surface area contributed by atoms with Crippen molar-refractivity contribution in [3.63, 3.8) is 0 Å². The summed E-state index contributed by atoms with van der Waals surface area (Å²) in [5.74, 6) is 2.23. The summed E-state index contributed by atoms with van der Waals surface area (Å²) in [5.41, 5.74) is 0.957. The number of terminal acetylenes is 1. The van der Waals surface area contributed by atoms with Crippen molar-refractivity contribution < 1.29 is 18.5 Å². The fourth-order valence-electron chi connectivity index (χ4n) is 2.30.